The van der Waals surface area contributed by atoms with Crippen LogP contribution >= 0.6 is 0 Å². The Labute approximate surface area is 114 Å². The zero-order valence-corrected chi connectivity index (χ0v) is 12.0. The Bertz CT molecular complexity index is 399. The van der Waals surface area contributed by atoms with Gasteiger partial charge >= 0.3 is 0 Å². The number of anilines is 1. The van der Waals surface area contributed by atoms with Gasteiger partial charge < -0.3 is 20.1 Å². The van der Waals surface area contributed by atoms with Gasteiger partial charge in [-0.05, 0) is 19.1 Å². The fourth-order valence-corrected chi connectivity index (χ4v) is 1.99. The third-order valence-corrected chi connectivity index (χ3v) is 3.60. The highest BCUT2D eigenvalue weighted by atomic mass is 19.1. The Morgan fingerprint density at radius 3 is 2.37 bits per heavy atom. The second-order valence-corrected chi connectivity index (χ2v) is 4.82. The van der Waals surface area contributed by atoms with Crippen LogP contribution in [0.2, 0.25) is 0 Å². The molecular formula is C14H23FN2O2. The normalized spacial score (nSPS) is 14.5. The maximum atomic E-state index is 13.9. The number of benzene rings is 1. The van der Waals surface area contributed by atoms with E-state index in [1.54, 1.807) is 32.4 Å². The fraction of sp³-hybridized carbons (Fsp3) is 0.571. The maximum absolute atomic E-state index is 13.9. The van der Waals surface area contributed by atoms with Crippen molar-refractivity contribution < 1.29 is 13.9 Å². The molecule has 2 N–H and O–H groups in total. The summed E-state index contributed by atoms with van der Waals surface area (Å²) in [4.78, 5) is 1.84. The summed E-state index contributed by atoms with van der Waals surface area (Å²) < 4.78 is 24.3. The molecule has 0 bridgehead atoms. The molecule has 1 rings (SSSR count). The van der Waals surface area contributed by atoms with Gasteiger partial charge in [0.05, 0.1) is 11.2 Å². The van der Waals surface area contributed by atoms with Crippen LogP contribution in [0.4, 0.5) is 10.1 Å². The lowest BCUT2D eigenvalue weighted by atomic mass is 9.94. The zero-order valence-electron chi connectivity index (χ0n) is 12.0. The molecular weight excluding hydrogens is 247 g/mol. The minimum absolute atomic E-state index is 0.268. The van der Waals surface area contributed by atoms with Gasteiger partial charge in [-0.1, -0.05) is 12.1 Å². The maximum Gasteiger partial charge on any atom is 0.159 e. The van der Waals surface area contributed by atoms with E-state index in [1.807, 2.05) is 18.9 Å². The number of hydrogen-bond acceptors (Lipinski definition) is 4. The van der Waals surface area contributed by atoms with Gasteiger partial charge in [0, 0.05) is 34.2 Å². The van der Waals surface area contributed by atoms with Crippen molar-refractivity contribution in [3.05, 3.63) is 30.1 Å². The van der Waals surface area contributed by atoms with Crippen LogP contribution in [0.5, 0.6) is 0 Å². The molecule has 0 aromatic heterocycles. The lowest BCUT2D eigenvalue weighted by Gasteiger charge is -2.41. The highest BCUT2D eigenvalue weighted by molar-refractivity contribution is 5.49. The topological polar surface area (TPSA) is 47.7 Å². The smallest absolute Gasteiger partial charge is 0.159 e. The zero-order chi connectivity index (χ0) is 14.5. The summed E-state index contributed by atoms with van der Waals surface area (Å²) in [5, 5.41) is 0. The standard InChI is InChI=1S/C14H23FN2O2/c1-14(10-16,9-13(18-3)19-4)17(2)12-8-6-5-7-11(12)15/h5-8,13H,9-10,16H2,1-4H3. The molecule has 0 aliphatic heterocycles. The molecule has 0 fully saturated rings. The highest BCUT2D eigenvalue weighted by Gasteiger charge is 2.32. The van der Waals surface area contributed by atoms with Crippen molar-refractivity contribution >= 4 is 5.69 Å². The molecule has 0 amide bonds. The molecule has 0 spiro atoms. The highest BCUT2D eigenvalue weighted by Crippen LogP contribution is 2.28. The predicted molar refractivity (Wildman–Crippen MR) is 74.7 cm³/mol. The Balaban J connectivity index is 2.98. The molecule has 19 heavy (non-hydrogen) atoms. The number of rotatable bonds is 7. The van der Waals surface area contributed by atoms with Crippen molar-refractivity contribution in [3.63, 3.8) is 0 Å². The molecule has 0 saturated carbocycles. The molecule has 5 heteroatoms. The lowest BCUT2D eigenvalue weighted by molar-refractivity contribution is -0.115. The van der Waals surface area contributed by atoms with Gasteiger partial charge in [-0.3, -0.25) is 0 Å². The molecule has 0 aliphatic rings. The third kappa shape index (κ3) is 3.65. The molecule has 4 nitrogen and oxygen atoms in total. The van der Waals surface area contributed by atoms with E-state index in [2.05, 4.69) is 0 Å². The van der Waals surface area contributed by atoms with Crippen LogP contribution in [0, 0.1) is 5.82 Å². The summed E-state index contributed by atoms with van der Waals surface area (Å²) >= 11 is 0. The number of halogens is 1. The minimum Gasteiger partial charge on any atom is -0.365 e. The molecule has 1 atom stereocenters. The number of methoxy groups -OCH3 is 2. The summed E-state index contributed by atoms with van der Waals surface area (Å²) in [6.07, 6.45) is 0.171. The second-order valence-electron chi connectivity index (χ2n) is 4.82. The van der Waals surface area contributed by atoms with E-state index < -0.39 is 5.54 Å². The van der Waals surface area contributed by atoms with E-state index in [0.717, 1.165) is 0 Å². The Morgan fingerprint density at radius 1 is 1.32 bits per heavy atom. The Morgan fingerprint density at radius 2 is 1.89 bits per heavy atom. The first kappa shape index (κ1) is 15.9. The molecule has 0 radical (unpaired) electrons. The summed E-state index contributed by atoms with van der Waals surface area (Å²) in [6, 6.07) is 6.64. The molecule has 1 unspecified atom stereocenters. The van der Waals surface area contributed by atoms with E-state index in [1.165, 1.54) is 6.07 Å². The SMILES string of the molecule is COC(CC(C)(CN)N(C)c1ccccc1F)OC. The van der Waals surface area contributed by atoms with E-state index in [-0.39, 0.29) is 12.1 Å². The van der Waals surface area contributed by atoms with Crippen molar-refractivity contribution in [1.82, 2.24) is 0 Å². The average molecular weight is 270 g/mol. The van der Waals surface area contributed by atoms with Crippen LogP contribution in [0.25, 0.3) is 0 Å². The van der Waals surface area contributed by atoms with Crippen molar-refractivity contribution in [2.75, 3.05) is 32.7 Å². The molecule has 0 heterocycles. The quantitative estimate of drug-likeness (QED) is 0.770. The van der Waals surface area contributed by atoms with Gasteiger partial charge in [0.2, 0.25) is 0 Å². The second kappa shape index (κ2) is 6.84. The first-order chi connectivity index (χ1) is 8.98. The van der Waals surface area contributed by atoms with E-state index in [9.17, 15) is 4.39 Å². The monoisotopic (exact) mass is 270 g/mol. The third-order valence-electron chi connectivity index (χ3n) is 3.60. The first-order valence-corrected chi connectivity index (χ1v) is 6.22. The largest absolute Gasteiger partial charge is 0.365 e. The molecule has 108 valence electrons. The molecule has 1 aromatic carbocycles. The number of para-hydroxylation sites is 1. The number of nitrogens with two attached hydrogens (primary N) is 1. The Kier molecular flexibility index (Phi) is 5.72. The van der Waals surface area contributed by atoms with Gasteiger partial charge in [0.1, 0.15) is 5.82 Å². The number of nitrogens with zero attached hydrogens (tertiary/aromatic N) is 1. The van der Waals surface area contributed by atoms with Gasteiger partial charge in [-0.15, -0.1) is 0 Å². The summed E-state index contributed by atoms with van der Waals surface area (Å²) in [7, 11) is 4.98. The van der Waals surface area contributed by atoms with Crippen LogP contribution < -0.4 is 10.6 Å². The van der Waals surface area contributed by atoms with Crippen molar-refractivity contribution in [1.29, 1.82) is 0 Å². The average Bonchev–Trinajstić information content (AvgIpc) is 2.44. The lowest BCUT2D eigenvalue weighted by Crippen LogP contribution is -2.52. The Hall–Kier alpha value is -1.17. The van der Waals surface area contributed by atoms with Gasteiger partial charge in [0.15, 0.2) is 6.29 Å². The molecule has 0 aliphatic carbocycles. The van der Waals surface area contributed by atoms with Crippen LogP contribution in [-0.4, -0.2) is 39.6 Å². The van der Waals surface area contributed by atoms with Crippen LogP contribution in [0.3, 0.4) is 0 Å². The number of ether oxygens (including phenoxy) is 2. The minimum atomic E-state index is -0.459. The first-order valence-electron chi connectivity index (χ1n) is 6.22. The number of hydrogen-bond donors (Lipinski definition) is 1. The summed E-state index contributed by atoms with van der Waals surface area (Å²) in [5.74, 6) is -0.268. The van der Waals surface area contributed by atoms with E-state index in [0.29, 0.717) is 18.7 Å². The fourth-order valence-electron chi connectivity index (χ4n) is 1.99. The molecule has 0 saturated heterocycles. The van der Waals surface area contributed by atoms with Gasteiger partial charge in [-0.2, -0.15) is 0 Å². The van der Waals surface area contributed by atoms with Crippen LogP contribution in [0.15, 0.2) is 24.3 Å². The predicted octanol–water partition coefficient (Wildman–Crippen LogP) is 1.99. The van der Waals surface area contributed by atoms with Gasteiger partial charge in [-0.25, -0.2) is 4.39 Å². The van der Waals surface area contributed by atoms with Crippen molar-refractivity contribution in [2.24, 2.45) is 5.73 Å². The van der Waals surface area contributed by atoms with Crippen molar-refractivity contribution in [2.45, 2.75) is 25.2 Å². The summed E-state index contributed by atoms with van der Waals surface area (Å²) in [5.41, 5.74) is 5.93. The van der Waals surface area contributed by atoms with E-state index >= 15 is 0 Å². The number of likely N-dealkylation sites (N-methyl/N-ethyl adjacent to an activating group) is 1. The van der Waals surface area contributed by atoms with Crippen LogP contribution in [-0.2, 0) is 9.47 Å². The van der Waals surface area contributed by atoms with E-state index in [4.69, 9.17) is 15.2 Å². The van der Waals surface area contributed by atoms with Crippen molar-refractivity contribution in [3.8, 4) is 0 Å². The summed E-state index contributed by atoms with van der Waals surface area (Å²) in [6.45, 7) is 2.32. The van der Waals surface area contributed by atoms with Crippen LogP contribution in [0.1, 0.15) is 13.3 Å². The van der Waals surface area contributed by atoms with Gasteiger partial charge in [0.25, 0.3) is 0 Å². The molecule has 1 aromatic rings.